The van der Waals surface area contributed by atoms with Crippen LogP contribution >= 0.6 is 0 Å². The average molecular weight is 254 g/mol. The second-order valence-corrected chi connectivity index (χ2v) is 4.75. The Labute approximate surface area is 93.2 Å². The SMILES string of the molecule is COC(=O)CC(CCS(=O)(=O)O)C(=O)CO. The third kappa shape index (κ3) is 6.49. The topological polar surface area (TPSA) is 118 Å². The summed E-state index contributed by atoms with van der Waals surface area (Å²) in [5.74, 6) is -2.93. The summed E-state index contributed by atoms with van der Waals surface area (Å²) in [6, 6.07) is 0. The molecule has 0 amide bonds. The fourth-order valence-corrected chi connectivity index (χ4v) is 1.66. The Morgan fingerprint density at radius 3 is 2.31 bits per heavy atom. The van der Waals surface area contributed by atoms with Crippen LogP contribution in [0.1, 0.15) is 12.8 Å². The van der Waals surface area contributed by atoms with E-state index in [1.54, 1.807) is 0 Å². The lowest BCUT2D eigenvalue weighted by molar-refractivity contribution is -0.144. The monoisotopic (exact) mass is 254 g/mol. The van der Waals surface area contributed by atoms with Crippen LogP contribution in [0, 0.1) is 5.92 Å². The Bertz CT molecular complexity index is 345. The third-order valence-electron chi connectivity index (χ3n) is 1.98. The van der Waals surface area contributed by atoms with Crippen LogP contribution in [-0.2, 0) is 24.4 Å². The third-order valence-corrected chi connectivity index (χ3v) is 2.73. The summed E-state index contributed by atoms with van der Waals surface area (Å²) in [4.78, 5) is 22.0. The zero-order valence-electron chi connectivity index (χ0n) is 8.75. The van der Waals surface area contributed by atoms with Gasteiger partial charge in [-0.3, -0.25) is 14.1 Å². The van der Waals surface area contributed by atoms with Crippen LogP contribution in [0.15, 0.2) is 0 Å². The van der Waals surface area contributed by atoms with Crippen molar-refractivity contribution in [1.82, 2.24) is 0 Å². The highest BCUT2D eigenvalue weighted by Gasteiger charge is 2.23. The molecule has 0 bridgehead atoms. The predicted molar refractivity (Wildman–Crippen MR) is 53.2 cm³/mol. The summed E-state index contributed by atoms with van der Waals surface area (Å²) in [5.41, 5.74) is 0. The van der Waals surface area contributed by atoms with Crippen LogP contribution in [0.4, 0.5) is 0 Å². The first-order valence-electron chi connectivity index (χ1n) is 4.45. The number of ether oxygens (including phenoxy) is 1. The van der Waals surface area contributed by atoms with Gasteiger partial charge >= 0.3 is 5.97 Å². The molecule has 7 nitrogen and oxygen atoms in total. The van der Waals surface area contributed by atoms with Crippen molar-refractivity contribution in [1.29, 1.82) is 0 Å². The standard InChI is InChI=1S/C8H14O7S/c1-15-8(11)4-6(7(10)5-9)2-3-16(12,13)14/h6,9H,2-5H2,1H3,(H,12,13,14). The molecule has 0 aromatic rings. The number of hydrogen-bond donors (Lipinski definition) is 2. The number of carbonyl (C=O) groups excluding carboxylic acids is 2. The molecule has 1 unspecified atom stereocenters. The van der Waals surface area contributed by atoms with Gasteiger partial charge in [-0.15, -0.1) is 0 Å². The van der Waals surface area contributed by atoms with Gasteiger partial charge in [-0.25, -0.2) is 0 Å². The molecule has 0 spiro atoms. The predicted octanol–water partition coefficient (Wildman–Crippen LogP) is -0.995. The van der Waals surface area contributed by atoms with Crippen molar-refractivity contribution >= 4 is 21.9 Å². The maximum Gasteiger partial charge on any atom is 0.306 e. The molecular weight excluding hydrogens is 240 g/mol. The quantitative estimate of drug-likeness (QED) is 0.442. The van der Waals surface area contributed by atoms with E-state index in [4.69, 9.17) is 9.66 Å². The van der Waals surface area contributed by atoms with Crippen LogP contribution in [0.25, 0.3) is 0 Å². The molecule has 0 radical (unpaired) electrons. The molecule has 0 heterocycles. The van der Waals surface area contributed by atoms with Crippen molar-refractivity contribution in [2.24, 2.45) is 5.92 Å². The van der Waals surface area contributed by atoms with Gasteiger partial charge in [0, 0.05) is 5.92 Å². The van der Waals surface area contributed by atoms with E-state index in [1.165, 1.54) is 0 Å². The Kier molecular flexibility index (Phi) is 6.16. The number of hydrogen-bond acceptors (Lipinski definition) is 6. The minimum Gasteiger partial charge on any atom is -0.469 e. The summed E-state index contributed by atoms with van der Waals surface area (Å²) >= 11 is 0. The van der Waals surface area contributed by atoms with Crippen LogP contribution < -0.4 is 0 Å². The highest BCUT2D eigenvalue weighted by molar-refractivity contribution is 7.85. The molecule has 0 saturated heterocycles. The van der Waals surface area contributed by atoms with E-state index in [-0.39, 0.29) is 12.8 Å². The molecule has 0 rings (SSSR count). The van der Waals surface area contributed by atoms with Crippen molar-refractivity contribution < 1.29 is 32.4 Å². The van der Waals surface area contributed by atoms with Gasteiger partial charge in [-0.05, 0) is 6.42 Å². The smallest absolute Gasteiger partial charge is 0.306 e. The first-order valence-corrected chi connectivity index (χ1v) is 6.06. The number of esters is 1. The van der Waals surface area contributed by atoms with E-state index in [9.17, 15) is 18.0 Å². The van der Waals surface area contributed by atoms with Gasteiger partial charge in [-0.2, -0.15) is 8.42 Å². The molecule has 2 N–H and O–H groups in total. The van der Waals surface area contributed by atoms with Gasteiger partial charge in [0.05, 0.1) is 19.3 Å². The van der Waals surface area contributed by atoms with Crippen LogP contribution in [0.5, 0.6) is 0 Å². The number of Topliss-reactive ketones (excluding diaryl/α,β-unsaturated/α-hetero) is 1. The second-order valence-electron chi connectivity index (χ2n) is 3.18. The van der Waals surface area contributed by atoms with Crippen LogP contribution in [0.2, 0.25) is 0 Å². The summed E-state index contributed by atoms with van der Waals surface area (Å²) in [7, 11) is -3.06. The van der Waals surface area contributed by atoms with E-state index in [0.29, 0.717) is 0 Å². The first-order chi connectivity index (χ1) is 7.30. The Balaban J connectivity index is 4.44. The van der Waals surface area contributed by atoms with Crippen LogP contribution in [0.3, 0.4) is 0 Å². The minimum atomic E-state index is -4.19. The number of carbonyl (C=O) groups is 2. The van der Waals surface area contributed by atoms with Gasteiger partial charge in [-0.1, -0.05) is 0 Å². The lowest BCUT2D eigenvalue weighted by Gasteiger charge is -2.11. The summed E-state index contributed by atoms with van der Waals surface area (Å²) < 4.78 is 33.8. The molecule has 0 fully saturated rings. The normalized spacial score (nSPS) is 13.2. The number of aliphatic hydroxyl groups excluding tert-OH is 1. The van der Waals surface area contributed by atoms with E-state index < -0.39 is 40.1 Å². The summed E-state index contributed by atoms with van der Waals surface area (Å²) in [6.45, 7) is -0.785. The molecule has 0 saturated carbocycles. The van der Waals surface area contributed by atoms with Gasteiger partial charge in [0.25, 0.3) is 10.1 Å². The van der Waals surface area contributed by atoms with Crippen molar-refractivity contribution in [3.8, 4) is 0 Å². The van der Waals surface area contributed by atoms with Gasteiger partial charge in [0.15, 0.2) is 5.78 Å². The highest BCUT2D eigenvalue weighted by Crippen LogP contribution is 2.12. The lowest BCUT2D eigenvalue weighted by Crippen LogP contribution is -2.24. The van der Waals surface area contributed by atoms with Crippen molar-refractivity contribution in [2.75, 3.05) is 19.5 Å². The van der Waals surface area contributed by atoms with E-state index in [1.807, 2.05) is 0 Å². The van der Waals surface area contributed by atoms with Crippen molar-refractivity contribution in [3.63, 3.8) is 0 Å². The minimum absolute atomic E-state index is 0.229. The first kappa shape index (κ1) is 15.0. The zero-order valence-corrected chi connectivity index (χ0v) is 9.57. The Morgan fingerprint density at radius 1 is 1.38 bits per heavy atom. The van der Waals surface area contributed by atoms with Crippen molar-refractivity contribution in [3.05, 3.63) is 0 Å². The number of ketones is 1. The van der Waals surface area contributed by atoms with E-state index >= 15 is 0 Å². The fraction of sp³-hybridized carbons (Fsp3) is 0.750. The maximum atomic E-state index is 11.1. The molecular formula is C8H14O7S. The molecule has 0 aromatic heterocycles. The van der Waals surface area contributed by atoms with Gasteiger partial charge < -0.3 is 9.84 Å². The Morgan fingerprint density at radius 2 is 1.94 bits per heavy atom. The molecule has 0 aliphatic heterocycles. The molecule has 0 aliphatic rings. The van der Waals surface area contributed by atoms with Gasteiger partial charge in [0.1, 0.15) is 6.61 Å². The molecule has 16 heavy (non-hydrogen) atoms. The fourth-order valence-electron chi connectivity index (χ4n) is 1.08. The second kappa shape index (κ2) is 6.56. The lowest BCUT2D eigenvalue weighted by atomic mass is 9.98. The van der Waals surface area contributed by atoms with E-state index in [2.05, 4.69) is 4.74 Å². The van der Waals surface area contributed by atoms with Crippen molar-refractivity contribution in [2.45, 2.75) is 12.8 Å². The van der Waals surface area contributed by atoms with Crippen LogP contribution in [-0.4, -0.2) is 49.3 Å². The number of aliphatic hydroxyl groups is 1. The molecule has 94 valence electrons. The average Bonchev–Trinajstić information content (AvgIpc) is 2.21. The molecule has 0 aromatic carbocycles. The van der Waals surface area contributed by atoms with E-state index in [0.717, 1.165) is 7.11 Å². The summed E-state index contributed by atoms with van der Waals surface area (Å²) in [5, 5.41) is 8.61. The number of rotatable bonds is 7. The summed E-state index contributed by atoms with van der Waals surface area (Å²) in [6.07, 6.45) is -0.543. The zero-order chi connectivity index (χ0) is 12.8. The Hall–Kier alpha value is -0.990. The molecule has 0 aliphatic carbocycles. The number of methoxy groups -OCH3 is 1. The molecule has 1 atom stereocenters. The largest absolute Gasteiger partial charge is 0.469 e. The molecule has 8 heteroatoms. The maximum absolute atomic E-state index is 11.1. The van der Waals surface area contributed by atoms with Gasteiger partial charge in [0.2, 0.25) is 0 Å². The highest BCUT2D eigenvalue weighted by atomic mass is 32.2.